The summed E-state index contributed by atoms with van der Waals surface area (Å²) in [7, 11) is 0. The van der Waals surface area contributed by atoms with Crippen molar-refractivity contribution in [2.75, 3.05) is 9.80 Å². The topological polar surface area (TPSA) is 37.2 Å². The van der Waals surface area contributed by atoms with Gasteiger partial charge in [-0.25, -0.2) is 9.97 Å². The van der Waals surface area contributed by atoms with Crippen LogP contribution in [0.15, 0.2) is 219 Å². The second-order valence-corrected chi connectivity index (χ2v) is 14.5. The molecule has 8 aromatic carbocycles. The van der Waals surface area contributed by atoms with Crippen molar-refractivity contribution in [3.63, 3.8) is 0 Å². The molecule has 0 amide bonds. The maximum atomic E-state index is 4.21. The molecule has 276 valence electrons. The molecule has 0 N–H and O–H groups in total. The van der Waals surface area contributed by atoms with E-state index in [0.717, 1.165) is 62.0 Å². The SMILES string of the molecule is Cc1cc(-c2cncnc2)ccc1-c1ccc(-n2c3ccc(N(c4ccccc4)c4ccccc4)cc3c3cc(N(c4ccccc4)c4ccccc4)ccc32)cc1. The van der Waals surface area contributed by atoms with Crippen molar-refractivity contribution < 1.29 is 0 Å². The van der Waals surface area contributed by atoms with Crippen LogP contribution in [-0.2, 0) is 0 Å². The van der Waals surface area contributed by atoms with Crippen LogP contribution in [0.5, 0.6) is 0 Å². The number of hydrogen-bond acceptors (Lipinski definition) is 4. The van der Waals surface area contributed by atoms with Gasteiger partial charge in [0.1, 0.15) is 6.33 Å². The lowest BCUT2D eigenvalue weighted by Crippen LogP contribution is -2.09. The Bertz CT molecular complexity index is 2760. The molecular weight excluding hydrogens is 707 g/mol. The predicted molar refractivity (Wildman–Crippen MR) is 241 cm³/mol. The first kappa shape index (κ1) is 34.7. The summed E-state index contributed by atoms with van der Waals surface area (Å²) < 4.78 is 2.40. The van der Waals surface area contributed by atoms with Gasteiger partial charge in [-0.2, -0.15) is 0 Å². The molecule has 0 spiro atoms. The molecule has 0 unspecified atom stereocenters. The van der Waals surface area contributed by atoms with E-state index in [1.165, 1.54) is 27.5 Å². The third-order valence-corrected chi connectivity index (χ3v) is 10.9. The highest BCUT2D eigenvalue weighted by atomic mass is 15.1. The number of aromatic nitrogens is 3. The average Bonchev–Trinajstić information content (AvgIpc) is 3.61. The van der Waals surface area contributed by atoms with E-state index in [9.17, 15) is 0 Å². The smallest absolute Gasteiger partial charge is 0.115 e. The van der Waals surface area contributed by atoms with Crippen molar-refractivity contribution in [3.05, 3.63) is 224 Å². The van der Waals surface area contributed by atoms with Crippen LogP contribution in [0.2, 0.25) is 0 Å². The molecule has 0 atom stereocenters. The molecular formula is C53H39N5. The molecule has 0 fully saturated rings. The molecule has 10 aromatic rings. The van der Waals surface area contributed by atoms with Gasteiger partial charge in [0, 0.05) is 68.5 Å². The van der Waals surface area contributed by atoms with E-state index in [1.54, 1.807) is 6.33 Å². The number of benzene rings is 8. The standard InChI is InChI=1S/C53H39N5/c1-38-32-40(41-35-54-37-55-36-41)24-29-49(38)39-22-25-46(26-23-39)58-52-30-27-47(56(42-14-6-2-7-15-42)43-16-8-3-9-17-43)33-50(52)51-34-48(28-31-53(51)58)57(44-18-10-4-11-19-44)45-20-12-5-13-21-45/h2-37H,1H3. The van der Waals surface area contributed by atoms with E-state index in [1.807, 2.05) is 12.4 Å². The summed E-state index contributed by atoms with van der Waals surface area (Å²) in [6.45, 7) is 2.17. The van der Waals surface area contributed by atoms with Crippen LogP contribution in [-0.4, -0.2) is 14.5 Å². The zero-order chi connectivity index (χ0) is 38.8. The maximum Gasteiger partial charge on any atom is 0.115 e. The highest BCUT2D eigenvalue weighted by Gasteiger charge is 2.20. The minimum absolute atomic E-state index is 1.01. The van der Waals surface area contributed by atoms with E-state index < -0.39 is 0 Å². The van der Waals surface area contributed by atoms with Crippen molar-refractivity contribution in [2.45, 2.75) is 6.92 Å². The predicted octanol–water partition coefficient (Wildman–Crippen LogP) is 14.2. The number of hydrogen-bond donors (Lipinski definition) is 0. The van der Waals surface area contributed by atoms with Gasteiger partial charge in [0.15, 0.2) is 0 Å². The van der Waals surface area contributed by atoms with Crippen LogP contribution in [0, 0.1) is 6.92 Å². The van der Waals surface area contributed by atoms with Gasteiger partial charge >= 0.3 is 0 Å². The Morgan fingerprint density at radius 2 is 0.810 bits per heavy atom. The van der Waals surface area contributed by atoms with Crippen molar-refractivity contribution in [2.24, 2.45) is 0 Å². The zero-order valence-corrected chi connectivity index (χ0v) is 32.0. The molecule has 0 aliphatic carbocycles. The lowest BCUT2D eigenvalue weighted by Gasteiger charge is -2.26. The highest BCUT2D eigenvalue weighted by molar-refractivity contribution is 6.12. The molecule has 0 aliphatic rings. The van der Waals surface area contributed by atoms with Crippen LogP contribution < -0.4 is 9.80 Å². The second-order valence-electron chi connectivity index (χ2n) is 14.5. The van der Waals surface area contributed by atoms with Crippen molar-refractivity contribution in [3.8, 4) is 27.9 Å². The lowest BCUT2D eigenvalue weighted by atomic mass is 9.96. The molecule has 0 saturated heterocycles. The Morgan fingerprint density at radius 1 is 0.379 bits per heavy atom. The molecule has 10 rings (SSSR count). The molecule has 2 heterocycles. The largest absolute Gasteiger partial charge is 0.310 e. The fourth-order valence-corrected chi connectivity index (χ4v) is 8.16. The average molecular weight is 746 g/mol. The number of nitrogens with zero attached hydrogens (tertiary/aromatic N) is 5. The van der Waals surface area contributed by atoms with Crippen LogP contribution in [0.4, 0.5) is 34.1 Å². The lowest BCUT2D eigenvalue weighted by molar-refractivity contribution is 1.17. The number of rotatable bonds is 9. The van der Waals surface area contributed by atoms with Crippen molar-refractivity contribution in [1.82, 2.24) is 14.5 Å². The number of anilines is 6. The Hall–Kier alpha value is -7.76. The van der Waals surface area contributed by atoms with Gasteiger partial charge in [0.2, 0.25) is 0 Å². The third-order valence-electron chi connectivity index (χ3n) is 10.9. The number of para-hydroxylation sites is 4. The molecule has 0 saturated carbocycles. The van der Waals surface area contributed by atoms with Gasteiger partial charge in [0.25, 0.3) is 0 Å². The monoisotopic (exact) mass is 745 g/mol. The maximum absolute atomic E-state index is 4.21. The van der Waals surface area contributed by atoms with Gasteiger partial charge in [-0.15, -0.1) is 0 Å². The summed E-state index contributed by atoms with van der Waals surface area (Å²) in [6.07, 6.45) is 5.28. The molecule has 0 bridgehead atoms. The van der Waals surface area contributed by atoms with E-state index >= 15 is 0 Å². The molecule has 0 aliphatic heterocycles. The minimum atomic E-state index is 1.01. The van der Waals surface area contributed by atoms with Gasteiger partial charge < -0.3 is 14.4 Å². The van der Waals surface area contributed by atoms with Crippen LogP contribution in [0.25, 0.3) is 49.7 Å². The van der Waals surface area contributed by atoms with Crippen LogP contribution in [0.3, 0.4) is 0 Å². The van der Waals surface area contributed by atoms with Gasteiger partial charge in [-0.1, -0.05) is 103 Å². The fraction of sp³-hybridized carbons (Fsp3) is 0.0189. The number of fused-ring (bicyclic) bond motifs is 3. The van der Waals surface area contributed by atoms with Gasteiger partial charge in [0.05, 0.1) is 11.0 Å². The third kappa shape index (κ3) is 6.45. The summed E-state index contributed by atoms with van der Waals surface area (Å²) in [5, 5.41) is 2.35. The van der Waals surface area contributed by atoms with Crippen molar-refractivity contribution >= 4 is 55.9 Å². The van der Waals surface area contributed by atoms with E-state index in [2.05, 4.69) is 231 Å². The summed E-state index contributed by atoms with van der Waals surface area (Å²) in [6, 6.07) is 71.7. The van der Waals surface area contributed by atoms with E-state index in [4.69, 9.17) is 0 Å². The molecule has 5 nitrogen and oxygen atoms in total. The highest BCUT2D eigenvalue weighted by Crippen LogP contribution is 2.43. The Labute approximate surface area is 338 Å². The molecule has 58 heavy (non-hydrogen) atoms. The normalized spacial score (nSPS) is 11.2. The van der Waals surface area contributed by atoms with Crippen molar-refractivity contribution in [1.29, 1.82) is 0 Å². The molecule has 0 radical (unpaired) electrons. The summed E-state index contributed by atoms with van der Waals surface area (Å²) in [4.78, 5) is 13.1. The quantitative estimate of drug-likeness (QED) is 0.147. The van der Waals surface area contributed by atoms with E-state index in [-0.39, 0.29) is 0 Å². The Kier molecular flexibility index (Phi) is 9.01. The van der Waals surface area contributed by atoms with Gasteiger partial charge in [-0.3, -0.25) is 0 Å². The molecule has 5 heteroatoms. The Morgan fingerprint density at radius 3 is 1.24 bits per heavy atom. The molecule has 2 aromatic heterocycles. The second kappa shape index (κ2) is 15.1. The summed E-state index contributed by atoms with van der Waals surface area (Å²) in [5.74, 6) is 0. The van der Waals surface area contributed by atoms with Crippen LogP contribution >= 0.6 is 0 Å². The first-order chi connectivity index (χ1) is 28.7. The van der Waals surface area contributed by atoms with E-state index in [0.29, 0.717) is 0 Å². The summed E-state index contributed by atoms with van der Waals surface area (Å²) >= 11 is 0. The zero-order valence-electron chi connectivity index (χ0n) is 32.0. The van der Waals surface area contributed by atoms with Crippen LogP contribution in [0.1, 0.15) is 5.56 Å². The minimum Gasteiger partial charge on any atom is -0.310 e. The first-order valence-corrected chi connectivity index (χ1v) is 19.6. The fourth-order valence-electron chi connectivity index (χ4n) is 8.16. The van der Waals surface area contributed by atoms with Gasteiger partial charge in [-0.05, 0) is 126 Å². The number of aryl methyl sites for hydroxylation is 1. The Balaban J connectivity index is 1.14. The summed E-state index contributed by atoms with van der Waals surface area (Å²) in [5.41, 5.74) is 15.7. The first-order valence-electron chi connectivity index (χ1n) is 19.6.